The minimum atomic E-state index is -0.148. The van der Waals surface area contributed by atoms with E-state index in [4.69, 9.17) is 4.74 Å². The van der Waals surface area contributed by atoms with Crippen molar-refractivity contribution in [3.05, 3.63) is 68.5 Å². The number of hydrogen-bond acceptors (Lipinski definition) is 3. The fourth-order valence-electron chi connectivity index (χ4n) is 2.87. The zero-order valence-corrected chi connectivity index (χ0v) is 15.7. The zero-order valence-electron chi connectivity index (χ0n) is 14.1. The van der Waals surface area contributed by atoms with Crippen LogP contribution in [-0.2, 0) is 11.3 Å². The molecule has 0 bridgehead atoms. The van der Waals surface area contributed by atoms with E-state index in [1.807, 2.05) is 25.1 Å². The third kappa shape index (κ3) is 4.38. The Morgan fingerprint density at radius 1 is 1.32 bits per heavy atom. The molecule has 1 aliphatic carbocycles. The van der Waals surface area contributed by atoms with Gasteiger partial charge in [0.2, 0.25) is 0 Å². The predicted octanol–water partition coefficient (Wildman–Crippen LogP) is 2.93. The van der Waals surface area contributed by atoms with Crippen molar-refractivity contribution in [1.82, 2.24) is 9.88 Å². The monoisotopic (exact) mass is 404 g/mol. The highest BCUT2D eigenvalue weighted by molar-refractivity contribution is 9.10. The van der Waals surface area contributed by atoms with Crippen LogP contribution in [0.5, 0.6) is 0 Å². The number of aromatic nitrogens is 1. The molecule has 3 rings (SSSR count). The number of benzene rings is 1. The molecular formula is C19H21BrN2O3. The molecule has 1 saturated carbocycles. The molecule has 6 heteroatoms. The predicted molar refractivity (Wildman–Crippen MR) is 99.9 cm³/mol. The van der Waals surface area contributed by atoms with E-state index >= 15 is 0 Å². The van der Waals surface area contributed by atoms with Crippen LogP contribution >= 0.6 is 15.9 Å². The van der Waals surface area contributed by atoms with E-state index in [2.05, 4.69) is 27.3 Å². The van der Waals surface area contributed by atoms with Gasteiger partial charge in [0.15, 0.2) is 0 Å². The second-order valence-corrected chi connectivity index (χ2v) is 6.94. The molecule has 0 unspecified atom stereocenters. The third-order valence-electron chi connectivity index (χ3n) is 4.34. The smallest absolute Gasteiger partial charge is 0.253 e. The van der Waals surface area contributed by atoms with Gasteiger partial charge in [-0.2, -0.15) is 0 Å². The first-order valence-electron chi connectivity index (χ1n) is 8.43. The molecule has 0 spiro atoms. The van der Waals surface area contributed by atoms with E-state index < -0.39 is 0 Å². The maximum Gasteiger partial charge on any atom is 0.253 e. The number of ether oxygens (including phenoxy) is 1. The molecule has 25 heavy (non-hydrogen) atoms. The molecule has 0 aliphatic heterocycles. The Labute approximate surface area is 155 Å². The van der Waals surface area contributed by atoms with Gasteiger partial charge in [-0.05, 0) is 31.0 Å². The van der Waals surface area contributed by atoms with Crippen molar-refractivity contribution in [2.24, 2.45) is 0 Å². The average molecular weight is 405 g/mol. The van der Waals surface area contributed by atoms with Gasteiger partial charge in [0, 0.05) is 41.8 Å². The average Bonchev–Trinajstić information content (AvgIpc) is 3.36. The Balaban J connectivity index is 1.63. The Hall–Kier alpha value is -1.92. The van der Waals surface area contributed by atoms with Crippen molar-refractivity contribution < 1.29 is 9.53 Å². The van der Waals surface area contributed by atoms with Crippen molar-refractivity contribution in [3.63, 3.8) is 0 Å². The van der Waals surface area contributed by atoms with Crippen LogP contribution in [0.2, 0.25) is 0 Å². The van der Waals surface area contributed by atoms with Crippen molar-refractivity contribution in [3.8, 4) is 0 Å². The van der Waals surface area contributed by atoms with Crippen LogP contribution < -0.4 is 10.9 Å². The van der Waals surface area contributed by atoms with Crippen LogP contribution in [0.4, 0.5) is 0 Å². The minimum absolute atomic E-state index is 0.131. The van der Waals surface area contributed by atoms with Gasteiger partial charge in [-0.3, -0.25) is 9.59 Å². The fourth-order valence-corrected chi connectivity index (χ4v) is 3.45. The minimum Gasteiger partial charge on any atom is -0.380 e. The van der Waals surface area contributed by atoms with E-state index in [0.717, 1.165) is 10.9 Å². The highest BCUT2D eigenvalue weighted by Gasteiger charge is 2.40. The van der Waals surface area contributed by atoms with E-state index in [-0.39, 0.29) is 17.5 Å². The van der Waals surface area contributed by atoms with Crippen molar-refractivity contribution in [2.75, 3.05) is 13.2 Å². The SMILES string of the molecule is CCOCCn1cc(C(=O)N[C@@H]2C[C@H]2c2ccccc2Br)ccc1=O. The fraction of sp³-hybridized carbons (Fsp3) is 0.368. The van der Waals surface area contributed by atoms with Gasteiger partial charge in [0.25, 0.3) is 11.5 Å². The van der Waals surface area contributed by atoms with Gasteiger partial charge in [0.05, 0.1) is 12.2 Å². The van der Waals surface area contributed by atoms with Crippen molar-refractivity contribution in [1.29, 1.82) is 0 Å². The van der Waals surface area contributed by atoms with Gasteiger partial charge < -0.3 is 14.6 Å². The Kier molecular flexibility index (Phi) is 5.71. The second-order valence-electron chi connectivity index (χ2n) is 6.09. The zero-order chi connectivity index (χ0) is 17.8. The maximum absolute atomic E-state index is 12.5. The number of amides is 1. The first-order chi connectivity index (χ1) is 12.1. The lowest BCUT2D eigenvalue weighted by Gasteiger charge is -2.09. The van der Waals surface area contributed by atoms with Crippen LogP contribution in [0.15, 0.2) is 51.9 Å². The number of hydrogen-bond donors (Lipinski definition) is 1. The molecule has 1 aromatic carbocycles. The number of carbonyl (C=O) groups excluding carboxylic acids is 1. The number of nitrogens with zero attached hydrogens (tertiary/aromatic N) is 1. The molecule has 5 nitrogen and oxygen atoms in total. The molecule has 1 fully saturated rings. The number of carbonyl (C=O) groups is 1. The van der Waals surface area contributed by atoms with E-state index in [1.54, 1.807) is 12.3 Å². The molecule has 1 aromatic heterocycles. The van der Waals surface area contributed by atoms with Gasteiger partial charge in [-0.1, -0.05) is 34.1 Å². The van der Waals surface area contributed by atoms with Crippen LogP contribution in [0, 0.1) is 0 Å². The summed E-state index contributed by atoms with van der Waals surface area (Å²) in [6, 6.07) is 11.2. The van der Waals surface area contributed by atoms with Crippen LogP contribution in [0.25, 0.3) is 0 Å². The summed E-state index contributed by atoms with van der Waals surface area (Å²) in [5.41, 5.74) is 1.58. The van der Waals surface area contributed by atoms with E-state index in [0.29, 0.717) is 31.2 Å². The van der Waals surface area contributed by atoms with Crippen LogP contribution in [0.1, 0.15) is 35.2 Å². The summed E-state index contributed by atoms with van der Waals surface area (Å²) in [5.74, 6) is 0.188. The number of rotatable bonds is 7. The maximum atomic E-state index is 12.5. The van der Waals surface area contributed by atoms with Crippen LogP contribution in [-0.4, -0.2) is 29.7 Å². The van der Waals surface area contributed by atoms with Gasteiger partial charge in [-0.15, -0.1) is 0 Å². The standard InChI is InChI=1S/C19H21BrN2O3/c1-2-25-10-9-22-12-13(7-8-18(22)23)19(24)21-17-11-15(17)14-5-3-4-6-16(14)20/h3-8,12,15,17H,2,9-11H2,1H3,(H,21,24)/t15-,17+/m0/s1. The topological polar surface area (TPSA) is 60.3 Å². The highest BCUT2D eigenvalue weighted by Crippen LogP contribution is 2.43. The lowest BCUT2D eigenvalue weighted by molar-refractivity contribution is 0.0948. The Morgan fingerprint density at radius 2 is 2.12 bits per heavy atom. The van der Waals surface area contributed by atoms with Crippen molar-refractivity contribution >= 4 is 21.8 Å². The van der Waals surface area contributed by atoms with Gasteiger partial charge in [0.1, 0.15) is 0 Å². The molecule has 2 aromatic rings. The molecule has 2 atom stereocenters. The summed E-state index contributed by atoms with van der Waals surface area (Å²) in [7, 11) is 0. The molecule has 1 N–H and O–H groups in total. The Bertz CT molecular complexity index is 818. The third-order valence-corrected chi connectivity index (χ3v) is 5.06. The van der Waals surface area contributed by atoms with E-state index in [1.165, 1.54) is 16.2 Å². The molecule has 1 heterocycles. The van der Waals surface area contributed by atoms with Crippen LogP contribution in [0.3, 0.4) is 0 Å². The highest BCUT2D eigenvalue weighted by atomic mass is 79.9. The quantitative estimate of drug-likeness (QED) is 0.721. The number of halogens is 1. The summed E-state index contributed by atoms with van der Waals surface area (Å²) in [6.07, 6.45) is 2.53. The van der Waals surface area contributed by atoms with Gasteiger partial charge in [-0.25, -0.2) is 0 Å². The molecule has 1 aliphatic rings. The molecule has 0 radical (unpaired) electrons. The summed E-state index contributed by atoms with van der Waals surface area (Å²) in [5, 5.41) is 3.05. The lowest BCUT2D eigenvalue weighted by Crippen LogP contribution is -2.29. The summed E-state index contributed by atoms with van der Waals surface area (Å²) < 4.78 is 7.86. The summed E-state index contributed by atoms with van der Waals surface area (Å²) in [6.45, 7) is 3.40. The van der Waals surface area contributed by atoms with Crippen molar-refractivity contribution in [2.45, 2.75) is 31.8 Å². The normalized spacial score (nSPS) is 18.8. The number of nitrogens with one attached hydrogen (secondary N) is 1. The lowest BCUT2D eigenvalue weighted by atomic mass is 10.1. The molecule has 1 amide bonds. The second kappa shape index (κ2) is 7.97. The van der Waals surface area contributed by atoms with Gasteiger partial charge >= 0.3 is 0 Å². The first kappa shape index (κ1) is 17.9. The summed E-state index contributed by atoms with van der Waals surface area (Å²) in [4.78, 5) is 24.3. The number of pyridine rings is 1. The molecular weight excluding hydrogens is 384 g/mol. The van der Waals surface area contributed by atoms with E-state index in [9.17, 15) is 9.59 Å². The first-order valence-corrected chi connectivity index (χ1v) is 9.23. The molecule has 132 valence electrons. The molecule has 0 saturated heterocycles. The summed E-state index contributed by atoms with van der Waals surface area (Å²) >= 11 is 3.56. The largest absolute Gasteiger partial charge is 0.380 e. The Morgan fingerprint density at radius 3 is 2.88 bits per heavy atom.